The third kappa shape index (κ3) is 4.73. The average molecular weight is 145 g/mol. The maximum Gasteiger partial charge on any atom is -0.00484 e. The Balaban J connectivity index is 3.21. The maximum absolute atomic E-state index is 5.50. The molecule has 0 aromatic rings. The van der Waals surface area contributed by atoms with Crippen molar-refractivity contribution in [3.05, 3.63) is 0 Å². The maximum atomic E-state index is 5.50. The van der Waals surface area contributed by atoms with Crippen molar-refractivity contribution in [2.45, 2.75) is 19.3 Å². The minimum Gasteiger partial charge on any atom is -0.330 e. The zero-order valence-corrected chi connectivity index (χ0v) is 6.55. The molecule has 0 amide bonds. The van der Waals surface area contributed by atoms with Crippen LogP contribution in [-0.4, -0.2) is 19.6 Å². The van der Waals surface area contributed by atoms with Crippen LogP contribution in [0.25, 0.3) is 0 Å². The monoisotopic (exact) mass is 145 g/mol. The summed E-state index contributed by atoms with van der Waals surface area (Å²) >= 11 is 0. The van der Waals surface area contributed by atoms with Crippen LogP contribution in [0, 0.1) is 5.92 Å². The molecule has 0 aliphatic carbocycles. The summed E-state index contributed by atoms with van der Waals surface area (Å²) in [6, 6.07) is 0. The average Bonchev–Trinajstić information content (AvgIpc) is 1.98. The SMILES string of the molecule is NCCCC(CN)CCN. The number of hydrogen-bond donors (Lipinski definition) is 3. The van der Waals surface area contributed by atoms with E-state index in [2.05, 4.69) is 0 Å². The van der Waals surface area contributed by atoms with Crippen molar-refractivity contribution in [2.75, 3.05) is 19.6 Å². The fourth-order valence-electron chi connectivity index (χ4n) is 1.02. The topological polar surface area (TPSA) is 78.1 Å². The summed E-state index contributed by atoms with van der Waals surface area (Å²) in [5.41, 5.74) is 16.2. The zero-order chi connectivity index (χ0) is 7.82. The molecule has 6 N–H and O–H groups in total. The first kappa shape index (κ1) is 9.88. The van der Waals surface area contributed by atoms with Gasteiger partial charge in [0, 0.05) is 0 Å². The minimum atomic E-state index is 0.591. The smallest absolute Gasteiger partial charge is 0.00484 e. The Labute approximate surface area is 62.9 Å². The molecule has 10 heavy (non-hydrogen) atoms. The molecule has 0 spiro atoms. The highest BCUT2D eigenvalue weighted by atomic mass is 14.6. The first-order valence-electron chi connectivity index (χ1n) is 3.95. The molecule has 1 unspecified atom stereocenters. The Morgan fingerprint density at radius 2 is 1.60 bits per heavy atom. The highest BCUT2D eigenvalue weighted by molar-refractivity contribution is 4.60. The molecule has 0 saturated carbocycles. The van der Waals surface area contributed by atoms with Crippen LogP contribution in [0.5, 0.6) is 0 Å². The zero-order valence-electron chi connectivity index (χ0n) is 6.55. The lowest BCUT2D eigenvalue weighted by Crippen LogP contribution is -2.19. The van der Waals surface area contributed by atoms with E-state index in [1.165, 1.54) is 0 Å². The minimum absolute atomic E-state index is 0.591. The Hall–Kier alpha value is -0.120. The number of nitrogens with two attached hydrogens (primary N) is 3. The van der Waals surface area contributed by atoms with E-state index in [1.54, 1.807) is 0 Å². The third-order valence-electron chi connectivity index (χ3n) is 1.72. The molecule has 0 heterocycles. The Morgan fingerprint density at radius 1 is 0.900 bits per heavy atom. The number of rotatable bonds is 6. The Kier molecular flexibility index (Phi) is 6.91. The molecule has 0 radical (unpaired) electrons. The van der Waals surface area contributed by atoms with Gasteiger partial charge in [-0.25, -0.2) is 0 Å². The largest absolute Gasteiger partial charge is 0.330 e. The molecule has 0 aromatic carbocycles. The lowest BCUT2D eigenvalue weighted by Gasteiger charge is -2.11. The van der Waals surface area contributed by atoms with E-state index in [4.69, 9.17) is 17.2 Å². The summed E-state index contributed by atoms with van der Waals surface area (Å²) in [5, 5.41) is 0. The van der Waals surface area contributed by atoms with Crippen molar-refractivity contribution in [3.8, 4) is 0 Å². The predicted molar refractivity (Wildman–Crippen MR) is 44.5 cm³/mol. The Bertz CT molecular complexity index is 65.9. The van der Waals surface area contributed by atoms with Gasteiger partial charge in [-0.1, -0.05) is 0 Å². The van der Waals surface area contributed by atoms with Crippen LogP contribution in [0.3, 0.4) is 0 Å². The second kappa shape index (κ2) is 6.99. The van der Waals surface area contributed by atoms with E-state index in [-0.39, 0.29) is 0 Å². The standard InChI is InChI=1S/C7H19N3/c8-4-1-2-7(6-10)3-5-9/h7H,1-6,8-10H2. The summed E-state index contributed by atoms with van der Waals surface area (Å²) in [7, 11) is 0. The van der Waals surface area contributed by atoms with Gasteiger partial charge >= 0.3 is 0 Å². The molecule has 0 aliphatic rings. The van der Waals surface area contributed by atoms with E-state index < -0.39 is 0 Å². The molecule has 3 nitrogen and oxygen atoms in total. The summed E-state index contributed by atoms with van der Waals surface area (Å²) in [6.45, 7) is 2.25. The van der Waals surface area contributed by atoms with Crippen molar-refractivity contribution in [3.63, 3.8) is 0 Å². The molecule has 0 aliphatic heterocycles. The van der Waals surface area contributed by atoms with Gasteiger partial charge in [0.1, 0.15) is 0 Å². The van der Waals surface area contributed by atoms with Crippen LogP contribution in [0.15, 0.2) is 0 Å². The molecule has 0 aromatic heterocycles. The van der Waals surface area contributed by atoms with Gasteiger partial charge in [-0.05, 0) is 44.8 Å². The second-order valence-electron chi connectivity index (χ2n) is 2.61. The molecule has 3 heteroatoms. The quantitative estimate of drug-likeness (QED) is 0.478. The van der Waals surface area contributed by atoms with Crippen molar-refractivity contribution >= 4 is 0 Å². The summed E-state index contributed by atoms with van der Waals surface area (Å²) in [4.78, 5) is 0. The molecule has 62 valence electrons. The van der Waals surface area contributed by atoms with Crippen molar-refractivity contribution in [1.82, 2.24) is 0 Å². The van der Waals surface area contributed by atoms with Crippen LogP contribution >= 0.6 is 0 Å². The van der Waals surface area contributed by atoms with E-state index >= 15 is 0 Å². The molecular formula is C7H19N3. The van der Waals surface area contributed by atoms with Gasteiger partial charge in [0.05, 0.1) is 0 Å². The van der Waals surface area contributed by atoms with Crippen molar-refractivity contribution < 1.29 is 0 Å². The number of hydrogen-bond acceptors (Lipinski definition) is 3. The second-order valence-corrected chi connectivity index (χ2v) is 2.61. The summed E-state index contributed by atoms with van der Waals surface area (Å²) < 4.78 is 0. The van der Waals surface area contributed by atoms with Gasteiger partial charge in [-0.3, -0.25) is 0 Å². The summed E-state index contributed by atoms with van der Waals surface area (Å²) in [5.74, 6) is 0.591. The van der Waals surface area contributed by atoms with Gasteiger partial charge in [0.25, 0.3) is 0 Å². The third-order valence-corrected chi connectivity index (χ3v) is 1.72. The van der Waals surface area contributed by atoms with Crippen LogP contribution < -0.4 is 17.2 Å². The van der Waals surface area contributed by atoms with Gasteiger partial charge in [-0.15, -0.1) is 0 Å². The molecule has 0 saturated heterocycles. The fraction of sp³-hybridized carbons (Fsp3) is 1.00. The van der Waals surface area contributed by atoms with Crippen LogP contribution in [0.2, 0.25) is 0 Å². The molecule has 0 bridgehead atoms. The molecular weight excluding hydrogens is 126 g/mol. The predicted octanol–water partition coefficient (Wildman–Crippen LogP) is -0.351. The normalized spacial score (nSPS) is 13.5. The summed E-state index contributed by atoms with van der Waals surface area (Å²) in [6.07, 6.45) is 3.24. The van der Waals surface area contributed by atoms with Gasteiger partial charge < -0.3 is 17.2 Å². The van der Waals surface area contributed by atoms with Gasteiger partial charge in [0.2, 0.25) is 0 Å². The van der Waals surface area contributed by atoms with E-state index in [0.717, 1.165) is 38.9 Å². The van der Waals surface area contributed by atoms with Crippen LogP contribution in [-0.2, 0) is 0 Å². The first-order valence-corrected chi connectivity index (χ1v) is 3.95. The molecule has 1 atom stereocenters. The van der Waals surface area contributed by atoms with Gasteiger partial charge in [0.15, 0.2) is 0 Å². The highest BCUT2D eigenvalue weighted by Crippen LogP contribution is 2.06. The van der Waals surface area contributed by atoms with E-state index in [1.807, 2.05) is 0 Å². The molecule has 0 fully saturated rings. The van der Waals surface area contributed by atoms with E-state index in [9.17, 15) is 0 Å². The highest BCUT2D eigenvalue weighted by Gasteiger charge is 2.03. The fourth-order valence-corrected chi connectivity index (χ4v) is 1.02. The first-order chi connectivity index (χ1) is 4.85. The lowest BCUT2D eigenvalue weighted by atomic mass is 10.00. The van der Waals surface area contributed by atoms with E-state index in [0.29, 0.717) is 5.92 Å². The van der Waals surface area contributed by atoms with Crippen LogP contribution in [0.4, 0.5) is 0 Å². The van der Waals surface area contributed by atoms with Gasteiger partial charge in [-0.2, -0.15) is 0 Å². The molecule has 0 rings (SSSR count). The Morgan fingerprint density at radius 3 is 2.00 bits per heavy atom. The van der Waals surface area contributed by atoms with Crippen molar-refractivity contribution in [2.24, 2.45) is 23.1 Å². The lowest BCUT2D eigenvalue weighted by molar-refractivity contribution is 0.455. The van der Waals surface area contributed by atoms with Crippen LogP contribution in [0.1, 0.15) is 19.3 Å². The van der Waals surface area contributed by atoms with Crippen molar-refractivity contribution in [1.29, 1.82) is 0 Å².